The summed E-state index contributed by atoms with van der Waals surface area (Å²) in [6, 6.07) is 7.08. The molecule has 11 heteroatoms. The van der Waals surface area contributed by atoms with Gasteiger partial charge < -0.3 is 36.0 Å². The van der Waals surface area contributed by atoms with Crippen molar-refractivity contribution in [1.29, 1.82) is 0 Å². The van der Waals surface area contributed by atoms with E-state index in [0.717, 1.165) is 0 Å². The molecular weight excluding hydrogens is 544 g/mol. The molecule has 2 aromatic rings. The highest BCUT2D eigenvalue weighted by atomic mass is 16.5. The van der Waals surface area contributed by atoms with Crippen LogP contribution >= 0.6 is 0 Å². The van der Waals surface area contributed by atoms with Crippen LogP contribution in [0.1, 0.15) is 33.5 Å². The number of carbonyl (C=O) groups is 3. The molecule has 0 spiro atoms. The second-order valence-electron chi connectivity index (χ2n) is 11.1. The van der Waals surface area contributed by atoms with Gasteiger partial charge in [0.1, 0.15) is 22.8 Å². The molecule has 0 fully saturated rings. The number of rotatable bonds is 6. The molecule has 220 valence electrons. The van der Waals surface area contributed by atoms with E-state index in [1.807, 2.05) is 0 Å². The van der Waals surface area contributed by atoms with Gasteiger partial charge in [0.15, 0.2) is 22.9 Å². The number of phenolic OH excluding ortho intramolecular Hbond substituents is 2. The maximum atomic E-state index is 13.8. The number of fused-ring (bicyclic) bond motifs is 3. The van der Waals surface area contributed by atoms with Crippen LogP contribution in [0.15, 0.2) is 59.1 Å². The van der Waals surface area contributed by atoms with Gasteiger partial charge >= 0.3 is 0 Å². The number of para-hydroxylation sites is 1. The fourth-order valence-corrected chi connectivity index (χ4v) is 6.64. The van der Waals surface area contributed by atoms with Gasteiger partial charge in [-0.15, -0.1) is 0 Å². The third-order valence-corrected chi connectivity index (χ3v) is 8.58. The highest BCUT2D eigenvalue weighted by Gasteiger charge is 2.63. The number of carbonyl (C=O) groups excluding carboxylic acids is 3. The Kier molecular flexibility index (Phi) is 7.12. The van der Waals surface area contributed by atoms with Crippen molar-refractivity contribution in [2.45, 2.75) is 30.9 Å². The monoisotopic (exact) mass is 576 g/mol. The van der Waals surface area contributed by atoms with Crippen molar-refractivity contribution in [1.82, 2.24) is 4.90 Å². The van der Waals surface area contributed by atoms with Gasteiger partial charge in [0.2, 0.25) is 5.78 Å². The first-order valence-corrected chi connectivity index (χ1v) is 13.4. The van der Waals surface area contributed by atoms with Crippen molar-refractivity contribution < 1.29 is 44.7 Å². The number of nitrogens with zero attached hydrogens (tertiary/aromatic N) is 1. The molecule has 0 saturated heterocycles. The quantitative estimate of drug-likeness (QED) is 0.278. The summed E-state index contributed by atoms with van der Waals surface area (Å²) in [6.45, 7) is 0. The number of hydrogen-bond acceptors (Lipinski definition) is 10. The molecule has 0 bridgehead atoms. The molecule has 5 rings (SSSR count). The number of aromatic hydroxyl groups is 2. The standard InChI is InChI=1S/C31H32N2O9/c1-33(2)24-18-13-16-12-17-14(6-4-7-15-8-5-9-20(42-3)25(15)35)10-11-19(34)22(17)26(36)21(16)28(38)31(18,41)29(39)23(27(24)37)30(32)40/h4-6,8-11,16,18,24,34-35,37-38,41H,7,12-13H2,1-3H3,(H2,32,40)/b6-4-/t16-,18-,24-,31+/m0/s1. The first-order chi connectivity index (χ1) is 19.8. The van der Waals surface area contributed by atoms with E-state index >= 15 is 0 Å². The lowest BCUT2D eigenvalue weighted by molar-refractivity contribution is -0.148. The van der Waals surface area contributed by atoms with Gasteiger partial charge in [0.05, 0.1) is 18.7 Å². The van der Waals surface area contributed by atoms with E-state index in [0.29, 0.717) is 28.9 Å². The van der Waals surface area contributed by atoms with Gasteiger partial charge in [0, 0.05) is 17.1 Å². The summed E-state index contributed by atoms with van der Waals surface area (Å²) in [4.78, 5) is 40.8. The maximum absolute atomic E-state index is 13.8. The van der Waals surface area contributed by atoms with Crippen LogP contribution in [-0.4, -0.2) is 80.8 Å². The number of phenols is 2. The van der Waals surface area contributed by atoms with Gasteiger partial charge in [-0.05, 0) is 62.5 Å². The number of likely N-dealkylation sites (N-methyl/N-ethyl adjacent to an activating group) is 1. The summed E-state index contributed by atoms with van der Waals surface area (Å²) in [7, 11) is 4.61. The van der Waals surface area contributed by atoms with E-state index < -0.39 is 58.0 Å². The fourth-order valence-electron chi connectivity index (χ4n) is 6.64. The van der Waals surface area contributed by atoms with Crippen molar-refractivity contribution in [2.75, 3.05) is 21.2 Å². The van der Waals surface area contributed by atoms with Gasteiger partial charge in [0.25, 0.3) is 5.91 Å². The lowest BCUT2D eigenvalue weighted by atomic mass is 9.58. The molecule has 0 aromatic heterocycles. The van der Waals surface area contributed by atoms with E-state index in [1.54, 1.807) is 50.5 Å². The van der Waals surface area contributed by atoms with Crippen LogP contribution in [0.25, 0.3) is 6.08 Å². The molecular formula is C31H32N2O9. The molecule has 0 radical (unpaired) electrons. The third kappa shape index (κ3) is 4.15. The number of allylic oxidation sites excluding steroid dienone is 2. The number of aliphatic hydroxyl groups is 3. The van der Waals surface area contributed by atoms with Crippen LogP contribution in [0, 0.1) is 11.8 Å². The minimum absolute atomic E-state index is 0.00224. The lowest BCUT2D eigenvalue weighted by Crippen LogP contribution is -2.63. The fraction of sp³-hybridized carbons (Fsp3) is 0.323. The summed E-state index contributed by atoms with van der Waals surface area (Å²) < 4.78 is 5.16. The van der Waals surface area contributed by atoms with Crippen LogP contribution in [-0.2, 0) is 22.4 Å². The van der Waals surface area contributed by atoms with E-state index in [1.165, 1.54) is 18.1 Å². The molecule has 2 aromatic carbocycles. The van der Waals surface area contributed by atoms with E-state index in [4.69, 9.17) is 10.5 Å². The molecule has 1 amide bonds. The Hall–Kier alpha value is -4.61. The number of methoxy groups -OCH3 is 1. The van der Waals surface area contributed by atoms with Gasteiger partial charge in [-0.25, -0.2) is 0 Å². The van der Waals surface area contributed by atoms with Gasteiger partial charge in [-0.3, -0.25) is 19.3 Å². The second kappa shape index (κ2) is 10.3. The van der Waals surface area contributed by atoms with Gasteiger partial charge in [-0.1, -0.05) is 30.4 Å². The summed E-state index contributed by atoms with van der Waals surface area (Å²) in [5.74, 6) is -6.58. The zero-order valence-corrected chi connectivity index (χ0v) is 23.3. The summed E-state index contributed by atoms with van der Waals surface area (Å²) in [6.07, 6.45) is 4.08. The average Bonchev–Trinajstić information content (AvgIpc) is 2.92. The largest absolute Gasteiger partial charge is 0.510 e. The van der Waals surface area contributed by atoms with Crippen molar-refractivity contribution in [3.05, 3.63) is 81.3 Å². The molecule has 0 unspecified atom stereocenters. The lowest BCUT2D eigenvalue weighted by Gasteiger charge is -2.50. The molecule has 42 heavy (non-hydrogen) atoms. The molecule has 4 atom stereocenters. The third-order valence-electron chi connectivity index (χ3n) is 8.58. The number of Topliss-reactive ketones (excluding diaryl/α,β-unsaturated/α-hetero) is 2. The smallest absolute Gasteiger partial charge is 0.255 e. The highest BCUT2D eigenvalue weighted by molar-refractivity contribution is 6.24. The molecule has 0 aliphatic heterocycles. The Balaban J connectivity index is 1.58. The number of amides is 1. The Morgan fingerprint density at radius 1 is 1.14 bits per heavy atom. The summed E-state index contributed by atoms with van der Waals surface area (Å²) in [5, 5.41) is 55.1. The number of hydrogen-bond donors (Lipinski definition) is 6. The highest BCUT2D eigenvalue weighted by Crippen LogP contribution is 2.52. The van der Waals surface area contributed by atoms with Crippen LogP contribution in [0.2, 0.25) is 0 Å². The topological polar surface area (TPSA) is 191 Å². The number of ether oxygens (including phenoxy) is 1. The van der Waals surface area contributed by atoms with Crippen LogP contribution in [0.5, 0.6) is 17.2 Å². The molecule has 11 nitrogen and oxygen atoms in total. The van der Waals surface area contributed by atoms with Crippen LogP contribution < -0.4 is 10.5 Å². The van der Waals surface area contributed by atoms with Crippen molar-refractivity contribution in [2.24, 2.45) is 17.6 Å². The second-order valence-corrected chi connectivity index (χ2v) is 11.1. The van der Waals surface area contributed by atoms with Crippen molar-refractivity contribution in [3.63, 3.8) is 0 Å². The number of benzene rings is 2. The SMILES string of the molecule is COc1cccc(C/C=C\c2ccc(O)c3c2C[C@H]2C[C@H]4[C@H](N(C)C)C(O)=C(C(N)=O)C(=O)[C@]4(O)C(O)=C2C3=O)c1O. The van der Waals surface area contributed by atoms with E-state index in [2.05, 4.69) is 0 Å². The first-order valence-electron chi connectivity index (χ1n) is 13.4. The number of ketones is 2. The summed E-state index contributed by atoms with van der Waals surface area (Å²) in [5.41, 5.74) is 3.31. The average molecular weight is 577 g/mol. The van der Waals surface area contributed by atoms with Crippen LogP contribution in [0.4, 0.5) is 0 Å². The summed E-state index contributed by atoms with van der Waals surface area (Å²) >= 11 is 0. The Morgan fingerprint density at radius 2 is 1.86 bits per heavy atom. The zero-order chi connectivity index (χ0) is 30.7. The number of primary amides is 1. The normalized spacial score (nSPS) is 25.5. The minimum atomic E-state index is -2.68. The number of nitrogens with two attached hydrogens (primary N) is 1. The molecule has 0 heterocycles. The van der Waals surface area contributed by atoms with Crippen molar-refractivity contribution in [3.8, 4) is 17.2 Å². The Labute approximate surface area is 241 Å². The van der Waals surface area contributed by atoms with Crippen molar-refractivity contribution >= 4 is 23.5 Å². The maximum Gasteiger partial charge on any atom is 0.255 e. The van der Waals surface area contributed by atoms with E-state index in [9.17, 15) is 39.9 Å². The predicted octanol–water partition coefficient (Wildman–Crippen LogP) is 2.09. The van der Waals surface area contributed by atoms with Crippen LogP contribution in [0.3, 0.4) is 0 Å². The number of aliphatic hydroxyl groups excluding tert-OH is 2. The predicted molar refractivity (Wildman–Crippen MR) is 151 cm³/mol. The molecule has 7 N–H and O–H groups in total. The Bertz CT molecular complexity index is 1620. The first kappa shape index (κ1) is 28.9. The molecule has 3 aliphatic carbocycles. The van der Waals surface area contributed by atoms with E-state index in [-0.39, 0.29) is 35.5 Å². The Morgan fingerprint density at radius 3 is 2.50 bits per heavy atom. The zero-order valence-electron chi connectivity index (χ0n) is 23.3. The van der Waals surface area contributed by atoms with Gasteiger partial charge in [-0.2, -0.15) is 0 Å². The molecule has 0 saturated carbocycles. The molecule has 3 aliphatic rings. The minimum Gasteiger partial charge on any atom is -0.510 e.